The molecule has 1 fully saturated rings. The van der Waals surface area contributed by atoms with Gasteiger partial charge < -0.3 is 9.47 Å². The summed E-state index contributed by atoms with van der Waals surface area (Å²) < 4.78 is 11.7. The third-order valence-corrected chi connectivity index (χ3v) is 3.24. The van der Waals surface area contributed by atoms with Gasteiger partial charge in [-0.3, -0.25) is 0 Å². The minimum atomic E-state index is -0.408. The topological polar surface area (TPSA) is 18.5 Å². The Balaban J connectivity index is 1.91. The summed E-state index contributed by atoms with van der Waals surface area (Å²) in [6.45, 7) is 6.17. The molecule has 0 amide bonds. The lowest BCUT2D eigenvalue weighted by molar-refractivity contribution is -0.162. The zero-order valence-corrected chi connectivity index (χ0v) is 10.3. The van der Waals surface area contributed by atoms with Gasteiger partial charge in [0.15, 0.2) is 5.79 Å². The Bertz CT molecular complexity index is 324. The second-order valence-corrected chi connectivity index (χ2v) is 4.77. The summed E-state index contributed by atoms with van der Waals surface area (Å²) in [5, 5.41) is 0. The first kappa shape index (κ1) is 11.6. The maximum absolute atomic E-state index is 5.86. The monoisotopic (exact) mass is 220 g/mol. The fourth-order valence-electron chi connectivity index (χ4n) is 2.14. The number of ether oxygens (including phenoxy) is 2. The summed E-state index contributed by atoms with van der Waals surface area (Å²) >= 11 is 0. The van der Waals surface area contributed by atoms with Crippen LogP contribution in [0.5, 0.6) is 0 Å². The standard InChI is InChI=1S/C14H20O2/c1-11-12(2)16-14(3,15-11)10-9-13-7-5-4-6-8-13/h4-8,11-12H,9-10H2,1-3H3. The van der Waals surface area contributed by atoms with Crippen molar-refractivity contribution in [2.45, 2.75) is 51.6 Å². The molecule has 16 heavy (non-hydrogen) atoms. The molecule has 1 aromatic carbocycles. The van der Waals surface area contributed by atoms with Gasteiger partial charge in [0, 0.05) is 6.42 Å². The maximum atomic E-state index is 5.86. The van der Waals surface area contributed by atoms with Gasteiger partial charge in [-0.15, -0.1) is 0 Å². The highest BCUT2D eigenvalue weighted by Gasteiger charge is 2.39. The summed E-state index contributed by atoms with van der Waals surface area (Å²) in [6, 6.07) is 10.5. The van der Waals surface area contributed by atoms with Gasteiger partial charge in [0.2, 0.25) is 0 Å². The quantitative estimate of drug-likeness (QED) is 0.779. The predicted octanol–water partition coefficient (Wildman–Crippen LogP) is 3.16. The van der Waals surface area contributed by atoms with Crippen LogP contribution in [0.1, 0.15) is 32.8 Å². The van der Waals surface area contributed by atoms with Crippen LogP contribution in [0.4, 0.5) is 0 Å². The summed E-state index contributed by atoms with van der Waals surface area (Å²) in [5.41, 5.74) is 1.34. The van der Waals surface area contributed by atoms with Gasteiger partial charge in [-0.25, -0.2) is 0 Å². The number of benzene rings is 1. The molecule has 1 aliphatic rings. The van der Waals surface area contributed by atoms with E-state index in [-0.39, 0.29) is 12.2 Å². The highest BCUT2D eigenvalue weighted by Crippen LogP contribution is 2.31. The number of hydrogen-bond donors (Lipinski definition) is 0. The van der Waals surface area contributed by atoms with Gasteiger partial charge in [0.1, 0.15) is 0 Å². The Morgan fingerprint density at radius 2 is 1.62 bits per heavy atom. The molecule has 1 aliphatic heterocycles. The highest BCUT2D eigenvalue weighted by atomic mass is 16.7. The van der Waals surface area contributed by atoms with E-state index in [1.165, 1.54) is 5.56 Å². The highest BCUT2D eigenvalue weighted by molar-refractivity contribution is 5.14. The zero-order chi connectivity index (χ0) is 11.6. The fourth-order valence-corrected chi connectivity index (χ4v) is 2.14. The van der Waals surface area contributed by atoms with Crippen LogP contribution >= 0.6 is 0 Å². The molecular formula is C14H20O2. The van der Waals surface area contributed by atoms with Gasteiger partial charge >= 0.3 is 0 Å². The van der Waals surface area contributed by atoms with Crippen LogP contribution in [-0.4, -0.2) is 18.0 Å². The van der Waals surface area contributed by atoms with E-state index in [1.54, 1.807) is 0 Å². The van der Waals surface area contributed by atoms with E-state index in [0.717, 1.165) is 12.8 Å². The van der Waals surface area contributed by atoms with Gasteiger partial charge in [-0.05, 0) is 32.8 Å². The summed E-state index contributed by atoms with van der Waals surface area (Å²) in [4.78, 5) is 0. The fraction of sp³-hybridized carbons (Fsp3) is 0.571. The molecule has 0 aliphatic carbocycles. The summed E-state index contributed by atoms with van der Waals surface area (Å²) in [5.74, 6) is -0.408. The first-order valence-corrected chi connectivity index (χ1v) is 5.99. The van der Waals surface area contributed by atoms with E-state index in [9.17, 15) is 0 Å². The lowest BCUT2D eigenvalue weighted by atomic mass is 10.1. The van der Waals surface area contributed by atoms with E-state index < -0.39 is 5.79 Å². The van der Waals surface area contributed by atoms with E-state index in [2.05, 4.69) is 38.1 Å². The Kier molecular flexibility index (Phi) is 3.31. The van der Waals surface area contributed by atoms with Gasteiger partial charge in [0.05, 0.1) is 12.2 Å². The van der Waals surface area contributed by atoms with Crippen molar-refractivity contribution < 1.29 is 9.47 Å². The van der Waals surface area contributed by atoms with Gasteiger partial charge in [-0.1, -0.05) is 30.3 Å². The molecule has 2 nitrogen and oxygen atoms in total. The van der Waals surface area contributed by atoms with E-state index >= 15 is 0 Å². The Labute approximate surface area is 97.6 Å². The molecule has 0 N–H and O–H groups in total. The second kappa shape index (κ2) is 4.56. The largest absolute Gasteiger partial charge is 0.345 e. The predicted molar refractivity (Wildman–Crippen MR) is 64.3 cm³/mol. The Morgan fingerprint density at radius 1 is 1.06 bits per heavy atom. The van der Waals surface area contributed by atoms with Gasteiger partial charge in [0.25, 0.3) is 0 Å². The van der Waals surface area contributed by atoms with Crippen LogP contribution < -0.4 is 0 Å². The van der Waals surface area contributed by atoms with E-state index in [0.29, 0.717) is 0 Å². The van der Waals surface area contributed by atoms with Crippen molar-refractivity contribution in [1.29, 1.82) is 0 Å². The van der Waals surface area contributed by atoms with Crippen molar-refractivity contribution >= 4 is 0 Å². The van der Waals surface area contributed by atoms with Gasteiger partial charge in [-0.2, -0.15) is 0 Å². The molecule has 2 unspecified atom stereocenters. The minimum absolute atomic E-state index is 0.195. The van der Waals surface area contributed by atoms with Crippen molar-refractivity contribution in [2.75, 3.05) is 0 Å². The molecule has 1 heterocycles. The Hall–Kier alpha value is -0.860. The lowest BCUT2D eigenvalue weighted by Gasteiger charge is -2.23. The molecule has 1 saturated heterocycles. The lowest BCUT2D eigenvalue weighted by Crippen LogP contribution is -2.27. The first-order chi connectivity index (χ1) is 7.59. The minimum Gasteiger partial charge on any atom is -0.345 e. The molecule has 0 radical (unpaired) electrons. The molecular weight excluding hydrogens is 200 g/mol. The molecule has 0 spiro atoms. The summed E-state index contributed by atoms with van der Waals surface area (Å²) in [6.07, 6.45) is 2.30. The summed E-state index contributed by atoms with van der Waals surface area (Å²) in [7, 11) is 0. The van der Waals surface area contributed by atoms with E-state index in [4.69, 9.17) is 9.47 Å². The Morgan fingerprint density at radius 3 is 2.19 bits per heavy atom. The molecule has 0 saturated carbocycles. The van der Waals surface area contributed by atoms with Crippen molar-refractivity contribution in [2.24, 2.45) is 0 Å². The average Bonchev–Trinajstić information content (AvgIpc) is 2.53. The van der Waals surface area contributed by atoms with Crippen LogP contribution in [0.25, 0.3) is 0 Å². The normalized spacial score (nSPS) is 34.2. The molecule has 1 aromatic rings. The average molecular weight is 220 g/mol. The van der Waals surface area contributed by atoms with Crippen molar-refractivity contribution in [1.82, 2.24) is 0 Å². The molecule has 2 atom stereocenters. The van der Waals surface area contributed by atoms with Crippen LogP contribution in [-0.2, 0) is 15.9 Å². The van der Waals surface area contributed by atoms with Crippen LogP contribution in [0.3, 0.4) is 0 Å². The molecule has 0 aromatic heterocycles. The first-order valence-electron chi connectivity index (χ1n) is 5.99. The van der Waals surface area contributed by atoms with Crippen LogP contribution in [0.2, 0.25) is 0 Å². The van der Waals surface area contributed by atoms with Crippen molar-refractivity contribution in [3.63, 3.8) is 0 Å². The SMILES string of the molecule is CC1OC(C)(CCc2ccccc2)OC1C. The number of hydrogen-bond acceptors (Lipinski definition) is 2. The van der Waals surface area contributed by atoms with Crippen LogP contribution in [0.15, 0.2) is 30.3 Å². The molecule has 0 bridgehead atoms. The maximum Gasteiger partial charge on any atom is 0.166 e. The van der Waals surface area contributed by atoms with Crippen LogP contribution in [0, 0.1) is 0 Å². The smallest absolute Gasteiger partial charge is 0.166 e. The van der Waals surface area contributed by atoms with Crippen molar-refractivity contribution in [3.05, 3.63) is 35.9 Å². The number of aryl methyl sites for hydroxylation is 1. The third-order valence-electron chi connectivity index (χ3n) is 3.24. The molecule has 2 rings (SSSR count). The molecule has 88 valence electrons. The third kappa shape index (κ3) is 2.63. The second-order valence-electron chi connectivity index (χ2n) is 4.77. The number of rotatable bonds is 3. The van der Waals surface area contributed by atoms with Crippen molar-refractivity contribution in [3.8, 4) is 0 Å². The van der Waals surface area contributed by atoms with E-state index in [1.807, 2.05) is 13.0 Å². The molecule has 2 heteroatoms. The zero-order valence-electron chi connectivity index (χ0n) is 10.3.